The molecular weight excluding hydrogens is 250 g/mol. The largest absolute Gasteiger partial charge is 0.480 e. The minimum Gasteiger partial charge on any atom is -0.480 e. The van der Waals surface area contributed by atoms with Gasteiger partial charge in [-0.2, -0.15) is 11.8 Å². The molecule has 0 aromatic rings. The molecule has 17 heavy (non-hydrogen) atoms. The Morgan fingerprint density at radius 3 is 2.12 bits per heavy atom. The number of carbonyl (C=O) groups excluding carboxylic acids is 1. The Kier molecular flexibility index (Phi) is 6.59. The van der Waals surface area contributed by atoms with E-state index in [1.165, 1.54) is 11.8 Å². The minimum absolute atomic E-state index is 0.00125. The number of aliphatic hydroxyl groups excluding tert-OH is 1. The van der Waals surface area contributed by atoms with Crippen LogP contribution in [0, 0.1) is 0 Å². The molecule has 2 unspecified atom stereocenters. The molecule has 0 bridgehead atoms. The summed E-state index contributed by atoms with van der Waals surface area (Å²) in [6.45, 7) is 1.09. The molecule has 3 N–H and O–H groups in total. The van der Waals surface area contributed by atoms with Crippen LogP contribution in [0.5, 0.6) is 0 Å². The summed E-state index contributed by atoms with van der Waals surface area (Å²) in [4.78, 5) is 33.4. The van der Waals surface area contributed by atoms with E-state index < -0.39 is 30.1 Å². The molecule has 0 aliphatic rings. The number of carboxylic acids is 1. The molecule has 2 amide bonds. The highest BCUT2D eigenvalue weighted by Gasteiger charge is 2.36. The van der Waals surface area contributed by atoms with Gasteiger partial charge < -0.3 is 15.3 Å². The van der Waals surface area contributed by atoms with Crippen LogP contribution in [-0.2, 0) is 9.59 Å². The summed E-state index contributed by atoms with van der Waals surface area (Å²) in [5, 5.41) is 26.8. The lowest BCUT2D eigenvalue weighted by atomic mass is 10.2. The number of hydrogen-bond acceptors (Lipinski definition) is 5. The Morgan fingerprint density at radius 1 is 1.29 bits per heavy atom. The average Bonchev–Trinajstić information content (AvgIpc) is 2.21. The maximum Gasteiger partial charge on any atom is 0.414 e. The average molecular weight is 265 g/mol. The normalized spacial score (nSPS) is 13.8. The molecule has 0 aliphatic carbocycles. The Labute approximate surface area is 102 Å². The summed E-state index contributed by atoms with van der Waals surface area (Å²) in [5.41, 5.74) is 0. The van der Waals surface area contributed by atoms with E-state index >= 15 is 0 Å². The van der Waals surface area contributed by atoms with Gasteiger partial charge in [-0.3, -0.25) is 4.79 Å². The van der Waals surface area contributed by atoms with Crippen molar-refractivity contribution in [2.75, 3.05) is 12.0 Å². The first kappa shape index (κ1) is 15.7. The number of hydrogen-bond donors (Lipinski definition) is 3. The predicted octanol–water partition coefficient (Wildman–Crippen LogP) is 0.0801. The van der Waals surface area contributed by atoms with E-state index in [9.17, 15) is 14.4 Å². The van der Waals surface area contributed by atoms with Gasteiger partial charge in [0.15, 0.2) is 0 Å². The fraction of sp³-hybridized carbons (Fsp3) is 0.667. The first-order chi connectivity index (χ1) is 7.82. The van der Waals surface area contributed by atoms with E-state index in [4.69, 9.17) is 15.3 Å². The highest BCUT2D eigenvalue weighted by atomic mass is 32.2. The van der Waals surface area contributed by atoms with Crippen molar-refractivity contribution in [3.63, 3.8) is 0 Å². The molecule has 0 rings (SSSR count). The van der Waals surface area contributed by atoms with Crippen molar-refractivity contribution in [1.82, 2.24) is 4.90 Å². The van der Waals surface area contributed by atoms with Gasteiger partial charge in [0, 0.05) is 0 Å². The van der Waals surface area contributed by atoms with E-state index in [0.717, 1.165) is 6.92 Å². The van der Waals surface area contributed by atoms with Gasteiger partial charge in [0.1, 0.15) is 12.1 Å². The van der Waals surface area contributed by atoms with Crippen LogP contribution >= 0.6 is 11.8 Å². The molecule has 7 nitrogen and oxygen atoms in total. The number of thioether (sulfide) groups is 1. The van der Waals surface area contributed by atoms with Crippen molar-refractivity contribution in [3.05, 3.63) is 0 Å². The third-order valence-corrected chi connectivity index (χ3v) is 2.64. The van der Waals surface area contributed by atoms with Gasteiger partial charge in [-0.25, -0.2) is 14.5 Å². The summed E-state index contributed by atoms with van der Waals surface area (Å²) < 4.78 is 0. The number of aliphatic carboxylic acids is 1. The lowest BCUT2D eigenvalue weighted by Gasteiger charge is -2.25. The van der Waals surface area contributed by atoms with E-state index in [1.54, 1.807) is 6.26 Å². The number of amides is 2. The van der Waals surface area contributed by atoms with E-state index in [1.807, 2.05) is 0 Å². The smallest absolute Gasteiger partial charge is 0.414 e. The fourth-order valence-electron chi connectivity index (χ4n) is 1.17. The molecule has 8 heteroatoms. The van der Waals surface area contributed by atoms with Crippen LogP contribution in [0.4, 0.5) is 4.79 Å². The van der Waals surface area contributed by atoms with Crippen LogP contribution in [0.25, 0.3) is 0 Å². The van der Waals surface area contributed by atoms with Gasteiger partial charge in [-0.1, -0.05) is 0 Å². The maximum atomic E-state index is 11.4. The fourth-order valence-corrected chi connectivity index (χ4v) is 1.63. The summed E-state index contributed by atoms with van der Waals surface area (Å²) in [6, 6.07) is -1.47. The van der Waals surface area contributed by atoms with Crippen LogP contribution < -0.4 is 0 Å². The number of imide groups is 1. The van der Waals surface area contributed by atoms with Crippen molar-refractivity contribution < 1.29 is 29.7 Å². The second-order valence-corrected chi connectivity index (χ2v) is 4.29. The summed E-state index contributed by atoms with van der Waals surface area (Å²) in [5.74, 6) is -2.14. The van der Waals surface area contributed by atoms with Crippen molar-refractivity contribution in [2.24, 2.45) is 0 Å². The number of carboxylic acid groups (broad SMARTS) is 2. The third-order valence-electron chi connectivity index (χ3n) is 1.99. The molecule has 0 heterocycles. The molecule has 2 atom stereocenters. The van der Waals surface area contributed by atoms with Gasteiger partial charge in [-0.15, -0.1) is 0 Å². The monoisotopic (exact) mass is 265 g/mol. The van der Waals surface area contributed by atoms with Crippen molar-refractivity contribution in [2.45, 2.75) is 25.5 Å². The zero-order chi connectivity index (χ0) is 13.6. The number of carbonyl (C=O) groups is 3. The Bertz CT molecular complexity index is 306. The molecule has 0 saturated heterocycles. The van der Waals surface area contributed by atoms with Crippen molar-refractivity contribution >= 4 is 29.7 Å². The first-order valence-corrected chi connectivity index (χ1v) is 6.18. The second kappa shape index (κ2) is 7.13. The summed E-state index contributed by atoms with van der Waals surface area (Å²) in [6.07, 6.45) is -1.49. The van der Waals surface area contributed by atoms with Crippen LogP contribution in [0.1, 0.15) is 13.3 Å². The second-order valence-electron chi connectivity index (χ2n) is 3.30. The van der Waals surface area contributed by atoms with Gasteiger partial charge in [0.25, 0.3) is 5.91 Å². The predicted molar refractivity (Wildman–Crippen MR) is 61.0 cm³/mol. The number of nitrogens with zero attached hydrogens (tertiary/aromatic N) is 1. The lowest BCUT2D eigenvalue weighted by Crippen LogP contribution is -2.51. The molecule has 0 aliphatic heterocycles. The van der Waals surface area contributed by atoms with Crippen LogP contribution in [0.2, 0.25) is 0 Å². The quantitative estimate of drug-likeness (QED) is 0.622. The molecule has 0 aromatic heterocycles. The van der Waals surface area contributed by atoms with Gasteiger partial charge in [0.05, 0.1) is 0 Å². The van der Waals surface area contributed by atoms with Crippen LogP contribution in [0.3, 0.4) is 0 Å². The Morgan fingerprint density at radius 2 is 1.82 bits per heavy atom. The first-order valence-electron chi connectivity index (χ1n) is 4.78. The van der Waals surface area contributed by atoms with Gasteiger partial charge >= 0.3 is 12.1 Å². The highest BCUT2D eigenvalue weighted by molar-refractivity contribution is 7.98. The zero-order valence-corrected chi connectivity index (χ0v) is 10.3. The molecule has 0 fully saturated rings. The van der Waals surface area contributed by atoms with Gasteiger partial charge in [0.2, 0.25) is 0 Å². The highest BCUT2D eigenvalue weighted by Crippen LogP contribution is 2.11. The maximum absolute atomic E-state index is 11.4. The Balaban J connectivity index is 5.03. The lowest BCUT2D eigenvalue weighted by molar-refractivity contribution is -0.151. The Hall–Kier alpha value is -1.28. The van der Waals surface area contributed by atoms with Crippen molar-refractivity contribution in [3.8, 4) is 0 Å². The summed E-state index contributed by atoms with van der Waals surface area (Å²) >= 11 is 1.34. The topological polar surface area (TPSA) is 115 Å². The summed E-state index contributed by atoms with van der Waals surface area (Å²) in [7, 11) is 0. The molecule has 98 valence electrons. The van der Waals surface area contributed by atoms with E-state index in [0.29, 0.717) is 5.75 Å². The standard InChI is InChI=1S/C9H15NO6S/c1-5(11)7(12)10(9(15)16)6(8(13)14)3-4-17-2/h5-6,11H,3-4H2,1-2H3,(H,13,14)(H,15,16). The van der Waals surface area contributed by atoms with E-state index in [2.05, 4.69) is 0 Å². The molecule has 0 saturated carbocycles. The van der Waals surface area contributed by atoms with E-state index in [-0.39, 0.29) is 11.3 Å². The van der Waals surface area contributed by atoms with Crippen LogP contribution in [0.15, 0.2) is 0 Å². The molecular formula is C9H15NO6S. The zero-order valence-electron chi connectivity index (χ0n) is 9.49. The third kappa shape index (κ3) is 4.61. The van der Waals surface area contributed by atoms with Crippen molar-refractivity contribution in [1.29, 1.82) is 0 Å². The molecule has 0 radical (unpaired) electrons. The SMILES string of the molecule is CSCCC(C(=O)O)N(C(=O)O)C(=O)C(C)O. The number of rotatable bonds is 6. The minimum atomic E-state index is -1.68. The molecule has 0 spiro atoms. The molecule has 0 aromatic carbocycles. The van der Waals surface area contributed by atoms with Crippen LogP contribution in [-0.4, -0.2) is 62.3 Å². The van der Waals surface area contributed by atoms with Gasteiger partial charge in [-0.05, 0) is 25.4 Å². The number of aliphatic hydroxyl groups is 1.